The minimum atomic E-state index is -5.08. The summed E-state index contributed by atoms with van der Waals surface area (Å²) in [7, 11) is -5.08. The number of aliphatic hydroxyl groups excluding tert-OH is 3. The zero-order chi connectivity index (χ0) is 43.9. The van der Waals surface area contributed by atoms with Crippen LogP contribution in [0, 0.1) is 0 Å². The lowest BCUT2D eigenvalue weighted by Crippen LogP contribution is -2.60. The quantitative estimate of drug-likeness (QED) is 0.0206. The number of rotatable bonds is 35. The summed E-state index contributed by atoms with van der Waals surface area (Å²) in [6.45, 7) is 3.57. The van der Waals surface area contributed by atoms with Crippen molar-refractivity contribution in [2.75, 3.05) is 26.4 Å². The van der Waals surface area contributed by atoms with Crippen molar-refractivity contribution in [2.45, 2.75) is 153 Å². The lowest BCUT2D eigenvalue weighted by molar-refractivity contribution is -0.301. The van der Waals surface area contributed by atoms with E-state index < -0.39 is 59.8 Å². The largest absolute Gasteiger partial charge is 0.457 e. The molecular formula is C47H74O12S. The molecule has 0 saturated carbocycles. The Morgan fingerprint density at radius 1 is 0.633 bits per heavy atom. The Hall–Kier alpha value is -3.24. The van der Waals surface area contributed by atoms with Crippen molar-refractivity contribution in [1.82, 2.24) is 0 Å². The molecule has 0 aromatic heterocycles. The van der Waals surface area contributed by atoms with Gasteiger partial charge < -0.3 is 34.3 Å². The molecule has 12 nitrogen and oxygen atoms in total. The Kier molecular flexibility index (Phi) is 34.3. The minimum Gasteiger partial charge on any atom is -0.457 e. The summed E-state index contributed by atoms with van der Waals surface area (Å²) >= 11 is 0. The van der Waals surface area contributed by atoms with Crippen LogP contribution in [0.25, 0.3) is 0 Å². The van der Waals surface area contributed by atoms with Crippen LogP contribution in [0.15, 0.2) is 109 Å². The van der Waals surface area contributed by atoms with Crippen LogP contribution < -0.4 is 0 Å². The van der Waals surface area contributed by atoms with Gasteiger partial charge in [-0.15, -0.1) is 0 Å². The van der Waals surface area contributed by atoms with Crippen molar-refractivity contribution in [3.63, 3.8) is 0 Å². The highest BCUT2D eigenvalue weighted by Crippen LogP contribution is 2.26. The maximum absolute atomic E-state index is 12.8. The summed E-state index contributed by atoms with van der Waals surface area (Å²) in [4.78, 5) is 12.8. The summed E-state index contributed by atoms with van der Waals surface area (Å²) in [5, 5.41) is 30.6. The zero-order valence-electron chi connectivity index (χ0n) is 36.0. The first kappa shape index (κ1) is 54.8. The van der Waals surface area contributed by atoms with Crippen LogP contribution in [0.5, 0.6) is 0 Å². The van der Waals surface area contributed by atoms with E-state index in [-0.39, 0.29) is 19.6 Å². The first-order chi connectivity index (χ1) is 29.1. The molecule has 0 aliphatic carbocycles. The van der Waals surface area contributed by atoms with E-state index in [4.69, 9.17) is 23.5 Å². The Balaban J connectivity index is 2.54. The van der Waals surface area contributed by atoms with Gasteiger partial charge in [0.1, 0.15) is 30.5 Å². The smallest absolute Gasteiger partial charge is 0.397 e. The third-order valence-corrected chi connectivity index (χ3v) is 9.36. The van der Waals surface area contributed by atoms with E-state index in [0.29, 0.717) is 19.4 Å². The fourth-order valence-electron chi connectivity index (χ4n) is 5.70. The van der Waals surface area contributed by atoms with E-state index in [1.54, 1.807) is 0 Å². The van der Waals surface area contributed by atoms with Gasteiger partial charge in [0, 0.05) is 13.0 Å². The summed E-state index contributed by atoms with van der Waals surface area (Å²) in [5.41, 5.74) is 0. The van der Waals surface area contributed by atoms with Crippen LogP contribution in [0.3, 0.4) is 0 Å². The second-order valence-corrected chi connectivity index (χ2v) is 15.2. The van der Waals surface area contributed by atoms with Gasteiger partial charge >= 0.3 is 16.4 Å². The van der Waals surface area contributed by atoms with Crippen molar-refractivity contribution in [1.29, 1.82) is 0 Å². The van der Waals surface area contributed by atoms with Gasteiger partial charge in [0.2, 0.25) is 0 Å². The highest BCUT2D eigenvalue weighted by atomic mass is 32.3. The molecule has 1 saturated heterocycles. The van der Waals surface area contributed by atoms with Crippen LogP contribution >= 0.6 is 0 Å². The molecule has 6 atom stereocenters. The number of allylic oxidation sites excluding steroid dienone is 18. The van der Waals surface area contributed by atoms with E-state index in [2.05, 4.69) is 121 Å². The predicted octanol–water partition coefficient (Wildman–Crippen LogP) is 8.85. The molecule has 60 heavy (non-hydrogen) atoms. The molecular weight excluding hydrogens is 789 g/mol. The molecule has 1 aliphatic heterocycles. The molecule has 1 heterocycles. The molecule has 0 aromatic carbocycles. The maximum atomic E-state index is 12.8. The topological polar surface area (TPSA) is 178 Å². The summed E-state index contributed by atoms with van der Waals surface area (Å²) in [6, 6.07) is 0. The first-order valence-electron chi connectivity index (χ1n) is 21.6. The highest BCUT2D eigenvalue weighted by molar-refractivity contribution is 7.80. The number of aliphatic hydroxyl groups is 3. The Bertz CT molecular complexity index is 1460. The molecule has 0 spiro atoms. The fraction of sp³-hybridized carbons (Fsp3) is 0.596. The molecule has 340 valence electrons. The van der Waals surface area contributed by atoms with Gasteiger partial charge in [-0.05, 0) is 89.9 Å². The van der Waals surface area contributed by atoms with E-state index in [1.165, 1.54) is 0 Å². The van der Waals surface area contributed by atoms with E-state index in [1.807, 2.05) is 6.08 Å². The molecule has 1 fully saturated rings. The Labute approximate surface area is 360 Å². The number of carbonyl (C=O) groups excluding carboxylic acids is 1. The first-order valence-corrected chi connectivity index (χ1v) is 23.0. The predicted molar refractivity (Wildman–Crippen MR) is 238 cm³/mol. The second-order valence-electron chi connectivity index (χ2n) is 14.2. The van der Waals surface area contributed by atoms with Crippen molar-refractivity contribution in [3.8, 4) is 0 Å². The lowest BCUT2D eigenvalue weighted by atomic mass is 9.99. The number of carbonyl (C=O) groups is 1. The number of hydrogen-bond donors (Lipinski definition) is 4. The number of unbranched alkanes of at least 4 members (excludes halogenated alkanes) is 4. The number of ether oxygens (including phenoxy) is 4. The second kappa shape index (κ2) is 37.5. The van der Waals surface area contributed by atoms with Gasteiger partial charge in [-0.25, -0.2) is 4.18 Å². The average Bonchev–Trinajstić information content (AvgIpc) is 3.22. The van der Waals surface area contributed by atoms with Crippen LogP contribution in [-0.4, -0.2) is 97.5 Å². The van der Waals surface area contributed by atoms with Crippen molar-refractivity contribution in [3.05, 3.63) is 109 Å². The average molecular weight is 863 g/mol. The summed E-state index contributed by atoms with van der Waals surface area (Å²) < 4.78 is 58.9. The third-order valence-electron chi connectivity index (χ3n) is 8.89. The standard InChI is InChI=1S/C47H74O12S/c1-3-5-7-9-11-13-15-17-19-21-22-24-26-28-30-32-34-36-43(49)57-41(40-56-47-45(51)46(59-60(52,53)54)44(50)42(38-48)58-47)39-55-37-35-33-31-29-27-25-23-20-18-16-14-12-10-8-6-4-2/h5-8,11-14,17-20,22,24-25,27-28,30,41-42,44-48,50-51H,3-4,9-10,15-16,21,23,26,29,31-40H2,1-2H3,(H,52,53,54)/b7-5-,8-6-,13-11-,14-12-,19-17-,20-18-,24-22-,27-25-,30-28-. The van der Waals surface area contributed by atoms with Crippen molar-refractivity contribution >= 4 is 16.4 Å². The van der Waals surface area contributed by atoms with Gasteiger partial charge in [0.25, 0.3) is 0 Å². The van der Waals surface area contributed by atoms with Crippen molar-refractivity contribution < 1.29 is 56.2 Å². The SMILES string of the molecule is CC/C=C\C/C=C\C/C=C\C/C=C\C/C=C\CCCC(=O)OC(COCCCCC/C=C\C/C=C\C/C=C\C/C=C\CC)COC1OC(CO)C(O)C(OS(=O)(=O)O)C1O. The van der Waals surface area contributed by atoms with Gasteiger partial charge in [-0.1, -0.05) is 130 Å². The number of esters is 1. The zero-order valence-corrected chi connectivity index (χ0v) is 36.8. The van der Waals surface area contributed by atoms with E-state index in [9.17, 15) is 28.5 Å². The molecule has 4 N–H and O–H groups in total. The summed E-state index contributed by atoms with van der Waals surface area (Å²) in [6.07, 6.45) is 42.7. The molecule has 0 bridgehead atoms. The van der Waals surface area contributed by atoms with Gasteiger partial charge in [0.05, 0.1) is 19.8 Å². The van der Waals surface area contributed by atoms with Gasteiger partial charge in [-0.3, -0.25) is 9.35 Å². The molecule has 0 aromatic rings. The molecule has 1 aliphatic rings. The molecule has 1 rings (SSSR count). The number of hydrogen-bond acceptors (Lipinski definition) is 11. The molecule has 6 unspecified atom stereocenters. The van der Waals surface area contributed by atoms with Crippen molar-refractivity contribution in [2.24, 2.45) is 0 Å². The molecule has 0 radical (unpaired) electrons. The fourth-order valence-corrected chi connectivity index (χ4v) is 6.20. The van der Waals surface area contributed by atoms with E-state index >= 15 is 0 Å². The maximum Gasteiger partial charge on any atom is 0.397 e. The van der Waals surface area contributed by atoms with Crippen LogP contribution in [0.4, 0.5) is 0 Å². The van der Waals surface area contributed by atoms with E-state index in [0.717, 1.165) is 83.5 Å². The molecule has 13 heteroatoms. The monoisotopic (exact) mass is 862 g/mol. The minimum absolute atomic E-state index is 0.0167. The van der Waals surface area contributed by atoms with Crippen LogP contribution in [0.2, 0.25) is 0 Å². The summed E-state index contributed by atoms with van der Waals surface area (Å²) in [5.74, 6) is -0.473. The lowest BCUT2D eigenvalue weighted by Gasteiger charge is -2.41. The Morgan fingerprint density at radius 3 is 1.57 bits per heavy atom. The highest BCUT2D eigenvalue weighted by Gasteiger charge is 2.48. The normalized spacial score (nSPS) is 21.3. The third kappa shape index (κ3) is 30.7. The van der Waals surface area contributed by atoms with Gasteiger partial charge in [-0.2, -0.15) is 8.42 Å². The Morgan fingerprint density at radius 2 is 1.10 bits per heavy atom. The van der Waals surface area contributed by atoms with Crippen LogP contribution in [0.1, 0.15) is 117 Å². The van der Waals surface area contributed by atoms with Gasteiger partial charge in [0.15, 0.2) is 6.29 Å². The van der Waals surface area contributed by atoms with Crippen LogP contribution in [-0.2, 0) is 38.3 Å². The molecule has 0 amide bonds.